The van der Waals surface area contributed by atoms with Gasteiger partial charge < -0.3 is 11.1 Å². The van der Waals surface area contributed by atoms with Gasteiger partial charge in [-0.3, -0.25) is 9.59 Å². The second-order valence-electron chi connectivity index (χ2n) is 10.0. The van der Waals surface area contributed by atoms with Crippen LogP contribution < -0.4 is 11.1 Å². The first-order valence-corrected chi connectivity index (χ1v) is 13.4. The number of halogens is 2. The van der Waals surface area contributed by atoms with Gasteiger partial charge in [0, 0.05) is 17.5 Å². The molecule has 5 aliphatic carbocycles. The molecule has 5 fully saturated rings. The Bertz CT molecular complexity index is 1060. The molecule has 174 valence electrons. The molecule has 10 heteroatoms. The summed E-state index contributed by atoms with van der Waals surface area (Å²) < 4.78 is 27.9. The van der Waals surface area contributed by atoms with Crippen LogP contribution in [-0.4, -0.2) is 43.2 Å². The molecular formula is C22H27Cl2N3O4S. The summed E-state index contributed by atoms with van der Waals surface area (Å²) in [5.74, 6) is 0.383. The van der Waals surface area contributed by atoms with E-state index in [4.69, 9.17) is 28.9 Å². The van der Waals surface area contributed by atoms with E-state index in [-0.39, 0.29) is 57.2 Å². The van der Waals surface area contributed by atoms with Gasteiger partial charge >= 0.3 is 0 Å². The van der Waals surface area contributed by atoms with Crippen LogP contribution in [0.2, 0.25) is 10.0 Å². The molecule has 0 saturated heterocycles. The number of sulfonamides is 1. The van der Waals surface area contributed by atoms with E-state index in [1.54, 1.807) is 0 Å². The zero-order valence-corrected chi connectivity index (χ0v) is 19.9. The molecule has 2 amide bonds. The number of hydrogen-bond acceptors (Lipinski definition) is 4. The highest BCUT2D eigenvalue weighted by Gasteiger charge is 2.58. The van der Waals surface area contributed by atoms with Gasteiger partial charge in [-0.25, -0.2) is 8.42 Å². The Hall–Kier alpha value is -1.35. The smallest absolute Gasteiger partial charge is 0.245 e. The van der Waals surface area contributed by atoms with Gasteiger partial charge in [0.15, 0.2) is 0 Å². The summed E-state index contributed by atoms with van der Waals surface area (Å²) in [6.45, 7) is -0.254. The topological polar surface area (TPSA) is 110 Å². The molecule has 5 saturated carbocycles. The molecule has 32 heavy (non-hydrogen) atoms. The minimum atomic E-state index is -3.97. The number of carbonyl (C=O) groups excluding carboxylic acids is 2. The minimum Gasteiger partial charge on any atom is -0.369 e. The van der Waals surface area contributed by atoms with Crippen molar-refractivity contribution in [2.45, 2.75) is 61.9 Å². The summed E-state index contributed by atoms with van der Waals surface area (Å²) in [5.41, 5.74) is 5.32. The van der Waals surface area contributed by atoms with Gasteiger partial charge in [-0.15, -0.1) is 0 Å². The third kappa shape index (κ3) is 3.73. The van der Waals surface area contributed by atoms with Crippen LogP contribution in [0.15, 0.2) is 23.1 Å². The van der Waals surface area contributed by atoms with Crippen LogP contribution in [0.1, 0.15) is 44.9 Å². The Morgan fingerprint density at radius 2 is 1.78 bits per heavy atom. The first-order chi connectivity index (χ1) is 15.1. The number of hydrogen-bond donors (Lipinski definition) is 2. The predicted octanol–water partition coefficient (Wildman–Crippen LogP) is 2.94. The zero-order chi connectivity index (χ0) is 22.8. The minimum absolute atomic E-state index is 0.0296. The summed E-state index contributed by atoms with van der Waals surface area (Å²) in [7, 11) is -3.97. The van der Waals surface area contributed by atoms with E-state index in [1.165, 1.54) is 22.5 Å². The third-order valence-corrected chi connectivity index (χ3v) is 10.8. The highest BCUT2D eigenvalue weighted by atomic mass is 35.5. The summed E-state index contributed by atoms with van der Waals surface area (Å²) in [5, 5.41) is 3.25. The van der Waals surface area contributed by atoms with Crippen molar-refractivity contribution in [2.24, 2.45) is 28.9 Å². The molecule has 3 N–H and O–H groups in total. The molecular weight excluding hydrogens is 473 g/mol. The lowest BCUT2D eigenvalue weighted by molar-refractivity contribution is -0.147. The first-order valence-electron chi connectivity index (χ1n) is 11.2. The Balaban J connectivity index is 1.32. The molecule has 1 aromatic carbocycles. The SMILES string of the molecule is NC(=O)C12CC3CC(C1)C(NC(=O)CN(C1CC1)S(=O)(=O)c1cccc(Cl)c1Cl)C(C3)C2. The summed E-state index contributed by atoms with van der Waals surface area (Å²) in [6.07, 6.45) is 5.68. The molecule has 2 unspecified atom stereocenters. The van der Waals surface area contributed by atoms with E-state index in [0.717, 1.165) is 19.3 Å². The maximum atomic E-state index is 13.3. The number of carbonyl (C=O) groups is 2. The number of nitrogens with zero attached hydrogens (tertiary/aromatic N) is 1. The van der Waals surface area contributed by atoms with E-state index in [2.05, 4.69) is 5.32 Å². The number of benzene rings is 1. The molecule has 4 bridgehead atoms. The fourth-order valence-corrected chi connectivity index (χ4v) is 8.90. The van der Waals surface area contributed by atoms with Crippen LogP contribution in [-0.2, 0) is 19.6 Å². The Labute approximate surface area is 198 Å². The van der Waals surface area contributed by atoms with Gasteiger partial charge in [0.05, 0.1) is 16.6 Å². The summed E-state index contributed by atoms with van der Waals surface area (Å²) in [4.78, 5) is 25.1. The molecule has 0 aromatic heterocycles. The highest BCUT2D eigenvalue weighted by molar-refractivity contribution is 7.89. The van der Waals surface area contributed by atoms with Gasteiger partial charge in [-0.1, -0.05) is 29.3 Å². The van der Waals surface area contributed by atoms with E-state index >= 15 is 0 Å². The predicted molar refractivity (Wildman–Crippen MR) is 120 cm³/mol. The fourth-order valence-electron chi connectivity index (χ4n) is 6.52. The van der Waals surface area contributed by atoms with Gasteiger partial charge in [0.2, 0.25) is 21.8 Å². The molecule has 0 aliphatic heterocycles. The number of nitrogens with two attached hydrogens (primary N) is 1. The monoisotopic (exact) mass is 499 g/mol. The van der Waals surface area contributed by atoms with Crippen LogP contribution >= 0.6 is 23.2 Å². The Kier molecular flexibility index (Phi) is 5.51. The fraction of sp³-hybridized carbons (Fsp3) is 0.636. The van der Waals surface area contributed by atoms with Crippen molar-refractivity contribution >= 4 is 45.0 Å². The molecule has 0 radical (unpaired) electrons. The normalized spacial score (nSPS) is 33.5. The largest absolute Gasteiger partial charge is 0.369 e. The van der Waals surface area contributed by atoms with Crippen LogP contribution in [0.3, 0.4) is 0 Å². The van der Waals surface area contributed by atoms with Crippen LogP contribution in [0.4, 0.5) is 0 Å². The molecule has 7 nitrogen and oxygen atoms in total. The number of primary amides is 1. The van der Waals surface area contributed by atoms with Crippen LogP contribution in [0, 0.1) is 23.2 Å². The van der Waals surface area contributed by atoms with Crippen LogP contribution in [0.5, 0.6) is 0 Å². The van der Waals surface area contributed by atoms with Crippen molar-refractivity contribution in [1.29, 1.82) is 0 Å². The van der Waals surface area contributed by atoms with Crippen LogP contribution in [0.25, 0.3) is 0 Å². The zero-order valence-electron chi connectivity index (χ0n) is 17.6. The molecule has 2 atom stereocenters. The van der Waals surface area contributed by atoms with Crippen molar-refractivity contribution in [3.63, 3.8) is 0 Å². The van der Waals surface area contributed by atoms with Crippen molar-refractivity contribution in [3.8, 4) is 0 Å². The first kappa shape index (κ1) is 22.4. The van der Waals surface area contributed by atoms with E-state index in [0.29, 0.717) is 31.6 Å². The van der Waals surface area contributed by atoms with Gasteiger partial charge in [-0.05, 0) is 74.8 Å². The second kappa shape index (κ2) is 7.86. The standard InChI is InChI=1S/C22H27Cl2N3O4S/c23-16-2-1-3-17(19(16)24)32(30,31)27(15-4-5-15)11-18(28)26-20-13-6-12-7-14(20)10-22(8-12,9-13)21(25)29/h1-3,12-15,20H,4-11H2,(H2,25,29)(H,26,28). The highest BCUT2D eigenvalue weighted by Crippen LogP contribution is 2.59. The van der Waals surface area contributed by atoms with Crippen molar-refractivity contribution in [1.82, 2.24) is 9.62 Å². The Morgan fingerprint density at radius 3 is 2.38 bits per heavy atom. The number of nitrogens with one attached hydrogen (secondary N) is 1. The summed E-state index contributed by atoms with van der Waals surface area (Å²) >= 11 is 12.2. The van der Waals surface area contributed by atoms with Gasteiger partial charge in [0.25, 0.3) is 0 Å². The second-order valence-corrected chi connectivity index (χ2v) is 12.7. The van der Waals surface area contributed by atoms with Crippen molar-refractivity contribution in [3.05, 3.63) is 28.2 Å². The molecule has 1 aromatic rings. The summed E-state index contributed by atoms with van der Waals surface area (Å²) in [6, 6.07) is 4.23. The lowest BCUT2D eigenvalue weighted by Crippen LogP contribution is -2.62. The maximum Gasteiger partial charge on any atom is 0.245 e. The van der Waals surface area contributed by atoms with E-state index < -0.39 is 15.4 Å². The van der Waals surface area contributed by atoms with Crippen molar-refractivity contribution in [2.75, 3.05) is 6.54 Å². The Morgan fingerprint density at radius 1 is 1.12 bits per heavy atom. The molecule has 6 rings (SSSR count). The lowest BCUT2D eigenvalue weighted by Gasteiger charge is -2.58. The average Bonchev–Trinajstić information content (AvgIpc) is 3.55. The molecule has 0 heterocycles. The van der Waals surface area contributed by atoms with E-state index in [9.17, 15) is 18.0 Å². The average molecular weight is 500 g/mol. The van der Waals surface area contributed by atoms with Gasteiger partial charge in [0.1, 0.15) is 4.90 Å². The molecule has 5 aliphatic rings. The molecule has 0 spiro atoms. The number of amides is 2. The lowest BCUT2D eigenvalue weighted by atomic mass is 9.47. The van der Waals surface area contributed by atoms with Gasteiger partial charge in [-0.2, -0.15) is 4.31 Å². The quantitative estimate of drug-likeness (QED) is 0.600. The van der Waals surface area contributed by atoms with Crippen molar-refractivity contribution < 1.29 is 18.0 Å². The number of rotatable bonds is 7. The van der Waals surface area contributed by atoms with E-state index in [1.807, 2.05) is 0 Å². The third-order valence-electron chi connectivity index (χ3n) is 7.88. The maximum absolute atomic E-state index is 13.3.